The molecule has 0 aromatic carbocycles. The van der Waals surface area contributed by atoms with E-state index in [1.54, 1.807) is 11.1 Å². The van der Waals surface area contributed by atoms with E-state index in [4.69, 9.17) is 9.15 Å². The predicted octanol–water partition coefficient (Wildman–Crippen LogP) is 2.29. The number of oxazole rings is 1. The zero-order valence-corrected chi connectivity index (χ0v) is 15.6. The molecular formula is C18H24N6O3. The fourth-order valence-corrected chi connectivity index (χ4v) is 3.32. The van der Waals surface area contributed by atoms with Gasteiger partial charge in [0.1, 0.15) is 11.9 Å². The molecule has 2 aliphatic rings. The van der Waals surface area contributed by atoms with Gasteiger partial charge in [-0.3, -0.25) is 5.32 Å². The molecule has 1 atom stereocenters. The number of aryl methyl sites for hydroxylation is 2. The van der Waals surface area contributed by atoms with E-state index in [1.807, 2.05) is 19.9 Å². The van der Waals surface area contributed by atoms with Crippen molar-refractivity contribution in [3.05, 3.63) is 29.4 Å². The minimum absolute atomic E-state index is 0.219. The van der Waals surface area contributed by atoms with Gasteiger partial charge >= 0.3 is 12.0 Å². The molecule has 0 radical (unpaired) electrons. The molecule has 27 heavy (non-hydrogen) atoms. The van der Waals surface area contributed by atoms with E-state index in [0.717, 1.165) is 30.4 Å². The molecule has 0 bridgehead atoms. The highest BCUT2D eigenvalue weighted by atomic mass is 16.5. The topological polar surface area (TPSA) is 96.6 Å². The van der Waals surface area contributed by atoms with Gasteiger partial charge in [0.05, 0.1) is 24.5 Å². The van der Waals surface area contributed by atoms with Gasteiger partial charge in [-0.25, -0.2) is 14.8 Å². The number of nitrogens with zero attached hydrogens (tertiary/aromatic N) is 5. The molecule has 2 aromatic heterocycles. The predicted molar refractivity (Wildman–Crippen MR) is 98.7 cm³/mol. The molecule has 2 amide bonds. The van der Waals surface area contributed by atoms with E-state index in [-0.39, 0.29) is 18.1 Å². The van der Waals surface area contributed by atoms with Gasteiger partial charge < -0.3 is 19.0 Å². The number of carbonyl (C=O) groups is 1. The third-order valence-electron chi connectivity index (χ3n) is 4.98. The summed E-state index contributed by atoms with van der Waals surface area (Å²) in [4.78, 5) is 29.7. The number of rotatable bonds is 3. The highest BCUT2D eigenvalue weighted by Crippen LogP contribution is 2.24. The first kappa shape index (κ1) is 17.7. The molecule has 4 heterocycles. The van der Waals surface area contributed by atoms with Crippen molar-refractivity contribution in [2.75, 3.05) is 43.0 Å². The summed E-state index contributed by atoms with van der Waals surface area (Å²) in [5.74, 6) is 1.43. The summed E-state index contributed by atoms with van der Waals surface area (Å²) in [7, 11) is 0. The number of carbonyl (C=O) groups excluding carboxylic acids is 1. The normalized spacial score (nSPS) is 20.1. The van der Waals surface area contributed by atoms with Crippen LogP contribution >= 0.6 is 0 Å². The molecule has 2 aliphatic heterocycles. The summed E-state index contributed by atoms with van der Waals surface area (Å²) in [5, 5.41) is 2.71. The van der Waals surface area contributed by atoms with Crippen LogP contribution in [0.1, 0.15) is 36.1 Å². The molecule has 0 spiro atoms. The number of ether oxygens (including phenoxy) is 1. The average molecular weight is 372 g/mol. The number of hydrogen-bond donors (Lipinski definition) is 1. The van der Waals surface area contributed by atoms with E-state index in [2.05, 4.69) is 25.2 Å². The molecule has 4 rings (SSSR count). The van der Waals surface area contributed by atoms with Crippen LogP contribution in [0.2, 0.25) is 0 Å². The quantitative estimate of drug-likeness (QED) is 0.883. The Balaban J connectivity index is 1.43. The van der Waals surface area contributed by atoms with Crippen LogP contribution in [-0.4, -0.2) is 58.7 Å². The van der Waals surface area contributed by atoms with Crippen LogP contribution in [0.25, 0.3) is 0 Å². The Labute approximate surface area is 157 Å². The van der Waals surface area contributed by atoms with Crippen molar-refractivity contribution in [3.8, 4) is 0 Å². The van der Waals surface area contributed by atoms with Crippen LogP contribution in [0, 0.1) is 13.8 Å². The maximum atomic E-state index is 12.6. The van der Waals surface area contributed by atoms with E-state index >= 15 is 0 Å². The molecule has 9 heteroatoms. The van der Waals surface area contributed by atoms with Crippen LogP contribution in [0.4, 0.5) is 16.8 Å². The Morgan fingerprint density at radius 1 is 1.22 bits per heavy atom. The van der Waals surface area contributed by atoms with Gasteiger partial charge in [-0.15, -0.1) is 0 Å². The van der Waals surface area contributed by atoms with Gasteiger partial charge in [-0.1, -0.05) is 0 Å². The maximum absolute atomic E-state index is 12.6. The molecule has 0 saturated carbocycles. The van der Waals surface area contributed by atoms with E-state index in [9.17, 15) is 4.79 Å². The molecule has 2 saturated heterocycles. The number of anilines is 2. The van der Waals surface area contributed by atoms with Gasteiger partial charge in [0, 0.05) is 25.8 Å². The number of hydrogen-bond acceptors (Lipinski definition) is 7. The number of aromatic nitrogens is 3. The van der Waals surface area contributed by atoms with Crippen molar-refractivity contribution in [2.24, 2.45) is 0 Å². The second kappa shape index (κ2) is 7.51. The smallest absolute Gasteiger partial charge is 0.325 e. The third kappa shape index (κ3) is 3.87. The first-order valence-electron chi connectivity index (χ1n) is 9.29. The molecule has 1 N–H and O–H groups in total. The van der Waals surface area contributed by atoms with Gasteiger partial charge in [0.15, 0.2) is 0 Å². The second-order valence-corrected chi connectivity index (χ2v) is 6.87. The van der Waals surface area contributed by atoms with E-state index < -0.39 is 0 Å². The molecule has 9 nitrogen and oxygen atoms in total. The Morgan fingerprint density at radius 3 is 2.78 bits per heavy atom. The summed E-state index contributed by atoms with van der Waals surface area (Å²) in [6.45, 7) is 7.00. The van der Waals surface area contributed by atoms with Crippen LogP contribution in [-0.2, 0) is 4.74 Å². The summed E-state index contributed by atoms with van der Waals surface area (Å²) < 4.78 is 11.3. The number of morpholine rings is 1. The fourth-order valence-electron chi connectivity index (χ4n) is 3.32. The van der Waals surface area contributed by atoms with Crippen molar-refractivity contribution in [1.82, 2.24) is 19.9 Å². The zero-order chi connectivity index (χ0) is 18.8. The summed E-state index contributed by atoms with van der Waals surface area (Å²) in [6.07, 6.45) is 3.82. The lowest BCUT2D eigenvalue weighted by Crippen LogP contribution is -2.44. The van der Waals surface area contributed by atoms with Crippen LogP contribution in [0.15, 0.2) is 16.7 Å². The third-order valence-corrected chi connectivity index (χ3v) is 4.98. The Hall–Kier alpha value is -2.68. The largest absolute Gasteiger partial charge is 0.428 e. The Bertz CT molecular complexity index is 798. The lowest BCUT2D eigenvalue weighted by atomic mass is 10.2. The number of amides is 2. The summed E-state index contributed by atoms with van der Waals surface area (Å²) >= 11 is 0. The van der Waals surface area contributed by atoms with Crippen molar-refractivity contribution in [1.29, 1.82) is 0 Å². The molecular weight excluding hydrogens is 348 g/mol. The summed E-state index contributed by atoms with van der Waals surface area (Å²) in [5.41, 5.74) is 1.56. The molecule has 2 fully saturated rings. The number of nitrogens with one attached hydrogen (secondary N) is 1. The SMILES string of the molecule is Cc1nc(NC(=O)N2CCO[C@H](c3ccnc(N4CCCC4)n3)C2)oc1C. The van der Waals surface area contributed by atoms with Gasteiger partial charge in [-0.05, 0) is 32.8 Å². The lowest BCUT2D eigenvalue weighted by molar-refractivity contribution is -0.0158. The van der Waals surface area contributed by atoms with Crippen molar-refractivity contribution in [3.63, 3.8) is 0 Å². The first-order chi connectivity index (χ1) is 13.1. The molecule has 0 unspecified atom stereocenters. The van der Waals surface area contributed by atoms with Gasteiger partial charge in [0.25, 0.3) is 0 Å². The van der Waals surface area contributed by atoms with Crippen LogP contribution in [0.5, 0.6) is 0 Å². The van der Waals surface area contributed by atoms with Crippen molar-refractivity contribution < 1.29 is 13.9 Å². The van der Waals surface area contributed by atoms with Gasteiger partial charge in [-0.2, -0.15) is 4.98 Å². The Kier molecular flexibility index (Phi) is 4.93. The fraction of sp³-hybridized carbons (Fsp3) is 0.556. The highest BCUT2D eigenvalue weighted by molar-refractivity contribution is 5.87. The average Bonchev–Trinajstić information content (AvgIpc) is 3.32. The highest BCUT2D eigenvalue weighted by Gasteiger charge is 2.28. The van der Waals surface area contributed by atoms with Crippen LogP contribution in [0.3, 0.4) is 0 Å². The first-order valence-corrected chi connectivity index (χ1v) is 9.29. The standard InChI is InChI=1S/C18H24N6O3/c1-12-13(2)27-17(20-12)22-18(25)24-9-10-26-15(11-24)14-5-6-19-16(21-14)23-7-3-4-8-23/h5-6,15H,3-4,7-11H2,1-2H3,(H,20,22,25)/t15-/m0/s1. The molecule has 144 valence electrons. The van der Waals surface area contributed by atoms with E-state index in [1.165, 1.54) is 12.8 Å². The Morgan fingerprint density at radius 2 is 2.04 bits per heavy atom. The lowest BCUT2D eigenvalue weighted by Gasteiger charge is -2.32. The second-order valence-electron chi connectivity index (χ2n) is 6.87. The van der Waals surface area contributed by atoms with Gasteiger partial charge in [0.2, 0.25) is 5.95 Å². The minimum Gasteiger partial charge on any atom is -0.428 e. The minimum atomic E-state index is -0.276. The number of urea groups is 1. The van der Waals surface area contributed by atoms with Crippen molar-refractivity contribution >= 4 is 18.0 Å². The monoisotopic (exact) mass is 372 g/mol. The molecule has 2 aromatic rings. The molecule has 0 aliphatic carbocycles. The zero-order valence-electron chi connectivity index (χ0n) is 15.6. The van der Waals surface area contributed by atoms with E-state index in [0.29, 0.717) is 25.5 Å². The van der Waals surface area contributed by atoms with Crippen molar-refractivity contribution in [2.45, 2.75) is 32.8 Å². The summed E-state index contributed by atoms with van der Waals surface area (Å²) in [6, 6.07) is 1.82. The van der Waals surface area contributed by atoms with Crippen LogP contribution < -0.4 is 10.2 Å². The maximum Gasteiger partial charge on any atom is 0.325 e.